The highest BCUT2D eigenvalue weighted by molar-refractivity contribution is 6.29. The van der Waals surface area contributed by atoms with Gasteiger partial charge >= 0.3 is 0 Å². The van der Waals surface area contributed by atoms with Crippen LogP contribution < -0.4 is 5.32 Å². The monoisotopic (exact) mass is 264 g/mol. The summed E-state index contributed by atoms with van der Waals surface area (Å²) in [5.74, 6) is 1.20. The van der Waals surface area contributed by atoms with E-state index in [2.05, 4.69) is 30.7 Å². The third kappa shape index (κ3) is 2.09. The van der Waals surface area contributed by atoms with Gasteiger partial charge in [0.1, 0.15) is 17.3 Å². The van der Waals surface area contributed by atoms with Gasteiger partial charge in [-0.2, -0.15) is 19.6 Å². The Morgan fingerprint density at radius 2 is 2.33 bits per heavy atom. The highest BCUT2D eigenvalue weighted by atomic mass is 35.5. The first-order chi connectivity index (χ1) is 8.83. The smallest absolute Gasteiger partial charge is 0.255 e. The van der Waals surface area contributed by atoms with Gasteiger partial charge in [-0.1, -0.05) is 16.8 Å². The van der Waals surface area contributed by atoms with Crippen molar-refractivity contribution in [3.8, 4) is 0 Å². The molecule has 1 N–H and O–H groups in total. The summed E-state index contributed by atoms with van der Waals surface area (Å²) in [5, 5.41) is 15.2. The number of aromatic nitrogens is 7. The minimum atomic E-state index is 0.374. The molecule has 0 aliphatic rings. The average Bonchev–Trinajstić information content (AvgIpc) is 2.98. The Morgan fingerprint density at radius 1 is 1.39 bits per heavy atom. The molecular weight excluding hydrogens is 256 g/mol. The molecular formula is C9H9ClN8. The Balaban J connectivity index is 1.75. The molecule has 0 aliphatic carbocycles. The summed E-state index contributed by atoms with van der Waals surface area (Å²) in [6, 6.07) is 1.70. The first kappa shape index (κ1) is 10.9. The second-order valence-corrected chi connectivity index (χ2v) is 3.92. The predicted octanol–water partition coefficient (Wildman–Crippen LogP) is 0.481. The summed E-state index contributed by atoms with van der Waals surface area (Å²) in [4.78, 5) is 8.03. The van der Waals surface area contributed by atoms with E-state index >= 15 is 0 Å². The van der Waals surface area contributed by atoms with E-state index in [4.69, 9.17) is 11.6 Å². The van der Waals surface area contributed by atoms with E-state index in [0.717, 1.165) is 5.82 Å². The highest BCUT2D eigenvalue weighted by Crippen LogP contribution is 2.13. The maximum atomic E-state index is 5.90. The van der Waals surface area contributed by atoms with Gasteiger partial charge < -0.3 is 5.32 Å². The number of anilines is 1. The number of hydrogen-bond acceptors (Lipinski definition) is 6. The lowest BCUT2D eigenvalue weighted by Gasteiger charge is -2.07. The van der Waals surface area contributed by atoms with E-state index in [0.29, 0.717) is 24.0 Å². The van der Waals surface area contributed by atoms with Crippen LogP contribution in [0.15, 0.2) is 24.8 Å². The van der Waals surface area contributed by atoms with Gasteiger partial charge in [0.05, 0.1) is 12.7 Å². The fourth-order valence-electron chi connectivity index (χ4n) is 1.56. The third-order valence-corrected chi connectivity index (χ3v) is 2.53. The maximum absolute atomic E-state index is 5.90. The zero-order valence-electron chi connectivity index (χ0n) is 9.23. The molecule has 0 radical (unpaired) electrons. The first-order valence-corrected chi connectivity index (χ1v) is 5.65. The zero-order chi connectivity index (χ0) is 12.4. The van der Waals surface area contributed by atoms with Crippen molar-refractivity contribution in [3.05, 3.63) is 29.9 Å². The Kier molecular flexibility index (Phi) is 2.77. The van der Waals surface area contributed by atoms with Crippen LogP contribution in [0.1, 0.15) is 0 Å². The molecule has 0 spiro atoms. The van der Waals surface area contributed by atoms with Gasteiger partial charge in [-0.3, -0.25) is 4.68 Å². The molecule has 0 atom stereocenters. The molecule has 3 heterocycles. The minimum Gasteiger partial charge on any atom is -0.368 e. The molecule has 0 saturated heterocycles. The Hall–Kier alpha value is -2.22. The van der Waals surface area contributed by atoms with Gasteiger partial charge in [0.25, 0.3) is 5.78 Å². The fourth-order valence-corrected chi connectivity index (χ4v) is 1.74. The summed E-state index contributed by atoms with van der Waals surface area (Å²) >= 11 is 5.90. The van der Waals surface area contributed by atoms with Crippen molar-refractivity contribution in [2.75, 3.05) is 11.9 Å². The molecule has 0 bridgehead atoms. The normalized spacial score (nSPS) is 10.9. The van der Waals surface area contributed by atoms with Crippen LogP contribution in [0.4, 0.5) is 5.82 Å². The number of hydrogen-bond donors (Lipinski definition) is 1. The van der Waals surface area contributed by atoms with Crippen LogP contribution in [-0.2, 0) is 6.54 Å². The quantitative estimate of drug-likeness (QED) is 0.690. The Labute approximate surface area is 107 Å². The van der Waals surface area contributed by atoms with Crippen LogP contribution in [0.3, 0.4) is 0 Å². The van der Waals surface area contributed by atoms with Crippen molar-refractivity contribution >= 4 is 23.2 Å². The largest absolute Gasteiger partial charge is 0.368 e. The molecule has 0 saturated carbocycles. The van der Waals surface area contributed by atoms with Crippen molar-refractivity contribution in [1.82, 2.24) is 34.6 Å². The first-order valence-electron chi connectivity index (χ1n) is 5.27. The van der Waals surface area contributed by atoms with Gasteiger partial charge in [-0.25, -0.2) is 0 Å². The van der Waals surface area contributed by atoms with E-state index in [-0.39, 0.29) is 0 Å². The Morgan fingerprint density at radius 3 is 3.17 bits per heavy atom. The number of rotatable bonds is 4. The van der Waals surface area contributed by atoms with Crippen LogP contribution in [0.5, 0.6) is 0 Å². The number of nitrogens with one attached hydrogen (secondary N) is 1. The summed E-state index contributed by atoms with van der Waals surface area (Å²) in [6.07, 6.45) is 4.87. The SMILES string of the molecule is Clc1cc(NCCn2ccnn2)n2ncnc2n1. The lowest BCUT2D eigenvalue weighted by atomic mass is 10.5. The topological polar surface area (TPSA) is 85.8 Å². The van der Waals surface area contributed by atoms with Gasteiger partial charge in [0, 0.05) is 18.8 Å². The third-order valence-electron chi connectivity index (χ3n) is 2.34. The molecule has 0 aliphatic heterocycles. The molecule has 0 amide bonds. The molecule has 18 heavy (non-hydrogen) atoms. The van der Waals surface area contributed by atoms with Crippen molar-refractivity contribution in [2.24, 2.45) is 0 Å². The molecule has 9 heteroatoms. The van der Waals surface area contributed by atoms with E-state index in [9.17, 15) is 0 Å². The van der Waals surface area contributed by atoms with E-state index < -0.39 is 0 Å². The molecule has 3 aromatic heterocycles. The highest BCUT2D eigenvalue weighted by Gasteiger charge is 2.05. The van der Waals surface area contributed by atoms with E-state index in [1.165, 1.54) is 6.33 Å². The lowest BCUT2D eigenvalue weighted by molar-refractivity contribution is 0.607. The molecule has 0 aromatic carbocycles. The van der Waals surface area contributed by atoms with Crippen LogP contribution in [-0.4, -0.2) is 41.1 Å². The van der Waals surface area contributed by atoms with Crippen LogP contribution in [0.2, 0.25) is 5.15 Å². The summed E-state index contributed by atoms with van der Waals surface area (Å²) in [5.41, 5.74) is 0. The average molecular weight is 265 g/mol. The summed E-state index contributed by atoms with van der Waals surface area (Å²) in [6.45, 7) is 1.36. The number of fused-ring (bicyclic) bond motifs is 1. The van der Waals surface area contributed by atoms with Crippen LogP contribution >= 0.6 is 11.6 Å². The van der Waals surface area contributed by atoms with Crippen LogP contribution in [0.25, 0.3) is 5.78 Å². The number of nitrogens with zero attached hydrogens (tertiary/aromatic N) is 7. The predicted molar refractivity (Wildman–Crippen MR) is 64.3 cm³/mol. The van der Waals surface area contributed by atoms with Gasteiger partial charge in [-0.05, 0) is 0 Å². The van der Waals surface area contributed by atoms with Gasteiger partial charge in [0.15, 0.2) is 0 Å². The lowest BCUT2D eigenvalue weighted by Crippen LogP contribution is -2.13. The van der Waals surface area contributed by atoms with E-state index in [1.54, 1.807) is 27.7 Å². The fraction of sp³-hybridized carbons (Fsp3) is 0.222. The van der Waals surface area contributed by atoms with Gasteiger partial charge in [-0.15, -0.1) is 5.10 Å². The maximum Gasteiger partial charge on any atom is 0.255 e. The second kappa shape index (κ2) is 4.57. The van der Waals surface area contributed by atoms with Crippen molar-refractivity contribution in [1.29, 1.82) is 0 Å². The summed E-state index contributed by atoms with van der Waals surface area (Å²) in [7, 11) is 0. The minimum absolute atomic E-state index is 0.374. The molecule has 92 valence electrons. The standard InChI is InChI=1S/C9H9ClN8/c10-7-5-8(18-9(15-7)12-6-14-18)11-1-3-17-4-2-13-16-17/h2,4-6,11H,1,3H2. The molecule has 3 rings (SSSR count). The summed E-state index contributed by atoms with van der Waals surface area (Å²) < 4.78 is 3.32. The van der Waals surface area contributed by atoms with Crippen LogP contribution in [0, 0.1) is 0 Å². The molecule has 0 unspecified atom stereocenters. The second-order valence-electron chi connectivity index (χ2n) is 3.53. The number of halogens is 1. The van der Waals surface area contributed by atoms with Crippen molar-refractivity contribution < 1.29 is 0 Å². The molecule has 0 fully saturated rings. The van der Waals surface area contributed by atoms with Gasteiger partial charge in [0.2, 0.25) is 0 Å². The van der Waals surface area contributed by atoms with Crippen molar-refractivity contribution in [2.45, 2.75) is 6.54 Å². The van der Waals surface area contributed by atoms with E-state index in [1.807, 2.05) is 0 Å². The zero-order valence-corrected chi connectivity index (χ0v) is 9.99. The molecule has 3 aromatic rings. The molecule has 8 nitrogen and oxygen atoms in total. The Bertz CT molecular complexity index is 646. The van der Waals surface area contributed by atoms with Crippen molar-refractivity contribution in [3.63, 3.8) is 0 Å².